The second kappa shape index (κ2) is 7.10. The van der Waals surface area contributed by atoms with Gasteiger partial charge in [0, 0.05) is 13.1 Å². The number of nitrogens with two attached hydrogens (primary N) is 1. The highest BCUT2D eigenvalue weighted by atomic mass is 16.1. The van der Waals surface area contributed by atoms with Gasteiger partial charge in [-0.15, -0.1) is 0 Å². The first-order valence-corrected chi connectivity index (χ1v) is 7.29. The van der Waals surface area contributed by atoms with E-state index < -0.39 is 5.54 Å². The average Bonchev–Trinajstić information content (AvgIpc) is 2.27. The van der Waals surface area contributed by atoms with Crippen molar-refractivity contribution >= 4 is 5.91 Å². The molecule has 1 fully saturated rings. The fourth-order valence-corrected chi connectivity index (χ4v) is 2.49. The van der Waals surface area contributed by atoms with Crippen molar-refractivity contribution in [1.29, 1.82) is 0 Å². The predicted molar refractivity (Wildman–Crippen MR) is 75.3 cm³/mol. The molecule has 106 valence electrons. The molecular weight excluding hydrogens is 226 g/mol. The van der Waals surface area contributed by atoms with Crippen molar-refractivity contribution < 1.29 is 4.79 Å². The molecule has 1 atom stereocenters. The van der Waals surface area contributed by atoms with Crippen LogP contribution in [0.25, 0.3) is 0 Å². The maximum absolute atomic E-state index is 11.5. The fraction of sp³-hybridized carbons (Fsp3) is 0.929. The normalized spacial score (nSPS) is 19.6. The summed E-state index contributed by atoms with van der Waals surface area (Å²) in [6.45, 7) is 10.1. The lowest BCUT2D eigenvalue weighted by atomic mass is 9.85. The maximum atomic E-state index is 11.5. The number of hydrogen-bond donors (Lipinski definition) is 2. The van der Waals surface area contributed by atoms with Gasteiger partial charge in [-0.05, 0) is 45.2 Å². The summed E-state index contributed by atoms with van der Waals surface area (Å²) in [5, 5.41) is 3.22. The summed E-state index contributed by atoms with van der Waals surface area (Å²) in [5.41, 5.74) is 4.94. The SMILES string of the molecule is CCNC(C)(CCN(CC)CC1CCC1)C(N)=O. The number of hydrogen-bond acceptors (Lipinski definition) is 3. The molecule has 0 spiro atoms. The quantitative estimate of drug-likeness (QED) is 0.654. The van der Waals surface area contributed by atoms with E-state index >= 15 is 0 Å². The van der Waals surface area contributed by atoms with Gasteiger partial charge in [0.1, 0.15) is 0 Å². The van der Waals surface area contributed by atoms with Crippen LogP contribution >= 0.6 is 0 Å². The van der Waals surface area contributed by atoms with E-state index in [2.05, 4.69) is 17.1 Å². The van der Waals surface area contributed by atoms with Crippen LogP contribution in [0.15, 0.2) is 0 Å². The van der Waals surface area contributed by atoms with Gasteiger partial charge in [-0.3, -0.25) is 4.79 Å². The Morgan fingerprint density at radius 1 is 1.44 bits per heavy atom. The molecule has 0 aromatic heterocycles. The van der Waals surface area contributed by atoms with E-state index in [9.17, 15) is 4.79 Å². The van der Waals surface area contributed by atoms with Crippen LogP contribution in [0.4, 0.5) is 0 Å². The lowest BCUT2D eigenvalue weighted by Crippen LogP contribution is -2.54. The van der Waals surface area contributed by atoms with Crippen LogP contribution in [0.5, 0.6) is 0 Å². The van der Waals surface area contributed by atoms with Crippen molar-refractivity contribution in [3.8, 4) is 0 Å². The van der Waals surface area contributed by atoms with Gasteiger partial charge >= 0.3 is 0 Å². The van der Waals surface area contributed by atoms with Crippen LogP contribution < -0.4 is 11.1 Å². The van der Waals surface area contributed by atoms with Crippen molar-refractivity contribution in [3.63, 3.8) is 0 Å². The van der Waals surface area contributed by atoms with Gasteiger partial charge < -0.3 is 16.0 Å². The molecule has 1 amide bonds. The molecule has 1 aliphatic rings. The van der Waals surface area contributed by atoms with E-state index in [0.29, 0.717) is 0 Å². The molecule has 4 nitrogen and oxygen atoms in total. The minimum atomic E-state index is -0.568. The molecule has 0 aliphatic heterocycles. The summed E-state index contributed by atoms with van der Waals surface area (Å²) in [5.74, 6) is 0.632. The second-order valence-corrected chi connectivity index (χ2v) is 5.67. The summed E-state index contributed by atoms with van der Waals surface area (Å²) >= 11 is 0. The van der Waals surface area contributed by atoms with Gasteiger partial charge in [-0.2, -0.15) is 0 Å². The smallest absolute Gasteiger partial charge is 0.237 e. The highest BCUT2D eigenvalue weighted by Crippen LogP contribution is 2.27. The standard InChI is InChI=1S/C14H29N3O/c1-4-16-14(3,13(15)18)9-10-17(5-2)11-12-7-6-8-12/h12,16H,4-11H2,1-3H3,(H2,15,18). The summed E-state index contributed by atoms with van der Waals surface area (Å²) in [7, 11) is 0. The lowest BCUT2D eigenvalue weighted by molar-refractivity contribution is -0.124. The van der Waals surface area contributed by atoms with Crippen LogP contribution in [-0.4, -0.2) is 42.5 Å². The molecule has 18 heavy (non-hydrogen) atoms. The van der Waals surface area contributed by atoms with E-state index in [-0.39, 0.29) is 5.91 Å². The monoisotopic (exact) mass is 255 g/mol. The molecule has 0 saturated heterocycles. The molecule has 0 aromatic carbocycles. The highest BCUT2D eigenvalue weighted by molar-refractivity contribution is 5.84. The van der Waals surface area contributed by atoms with Gasteiger partial charge in [0.05, 0.1) is 5.54 Å². The van der Waals surface area contributed by atoms with E-state index in [4.69, 9.17) is 5.73 Å². The van der Waals surface area contributed by atoms with Crippen molar-refractivity contribution in [3.05, 3.63) is 0 Å². The summed E-state index contributed by atoms with van der Waals surface area (Å²) in [6, 6.07) is 0. The summed E-state index contributed by atoms with van der Waals surface area (Å²) in [4.78, 5) is 14.0. The second-order valence-electron chi connectivity index (χ2n) is 5.67. The van der Waals surface area contributed by atoms with Gasteiger partial charge in [0.2, 0.25) is 5.91 Å². The Balaban J connectivity index is 2.40. The highest BCUT2D eigenvalue weighted by Gasteiger charge is 2.30. The lowest BCUT2D eigenvalue weighted by Gasteiger charge is -2.34. The van der Waals surface area contributed by atoms with Gasteiger partial charge in [0.25, 0.3) is 0 Å². The van der Waals surface area contributed by atoms with Crippen LogP contribution in [0.1, 0.15) is 46.5 Å². The minimum absolute atomic E-state index is 0.246. The van der Waals surface area contributed by atoms with Gasteiger partial charge in [0.15, 0.2) is 0 Å². The Kier molecular flexibility index (Phi) is 6.09. The molecule has 1 aliphatic carbocycles. The summed E-state index contributed by atoms with van der Waals surface area (Å²) in [6.07, 6.45) is 4.92. The molecule has 3 N–H and O–H groups in total. The molecule has 0 aromatic rings. The molecular formula is C14H29N3O. The molecule has 0 bridgehead atoms. The number of carbonyl (C=O) groups excluding carboxylic acids is 1. The number of primary amides is 1. The van der Waals surface area contributed by atoms with Crippen molar-refractivity contribution in [2.45, 2.75) is 52.0 Å². The van der Waals surface area contributed by atoms with Crippen molar-refractivity contribution in [2.75, 3.05) is 26.2 Å². The first-order chi connectivity index (χ1) is 8.51. The topological polar surface area (TPSA) is 58.4 Å². The third-order valence-corrected chi connectivity index (χ3v) is 4.23. The third kappa shape index (κ3) is 4.25. The van der Waals surface area contributed by atoms with E-state index in [1.54, 1.807) is 0 Å². The van der Waals surface area contributed by atoms with Crippen LogP contribution in [0, 0.1) is 5.92 Å². The largest absolute Gasteiger partial charge is 0.368 e. The van der Waals surface area contributed by atoms with Gasteiger partial charge in [-0.25, -0.2) is 0 Å². The van der Waals surface area contributed by atoms with E-state index in [0.717, 1.165) is 32.0 Å². The summed E-state index contributed by atoms with van der Waals surface area (Å²) < 4.78 is 0. The molecule has 0 radical (unpaired) electrons. The van der Waals surface area contributed by atoms with Gasteiger partial charge in [-0.1, -0.05) is 20.3 Å². The van der Waals surface area contributed by atoms with E-state index in [1.165, 1.54) is 25.8 Å². The number of carbonyl (C=O) groups is 1. The fourth-order valence-electron chi connectivity index (χ4n) is 2.49. The van der Waals surface area contributed by atoms with Crippen molar-refractivity contribution in [2.24, 2.45) is 11.7 Å². The van der Waals surface area contributed by atoms with Crippen LogP contribution in [-0.2, 0) is 4.79 Å². The Hall–Kier alpha value is -0.610. The zero-order valence-electron chi connectivity index (χ0n) is 12.2. The number of nitrogens with one attached hydrogen (secondary N) is 1. The zero-order chi connectivity index (χ0) is 13.6. The third-order valence-electron chi connectivity index (χ3n) is 4.23. The van der Waals surface area contributed by atoms with E-state index in [1.807, 2.05) is 13.8 Å². The Morgan fingerprint density at radius 3 is 2.50 bits per heavy atom. The minimum Gasteiger partial charge on any atom is -0.368 e. The zero-order valence-corrected chi connectivity index (χ0v) is 12.2. The number of amides is 1. The molecule has 1 saturated carbocycles. The number of rotatable bonds is 9. The first kappa shape index (κ1) is 15.4. The molecule has 1 unspecified atom stereocenters. The Morgan fingerprint density at radius 2 is 2.11 bits per heavy atom. The van der Waals surface area contributed by atoms with Crippen LogP contribution in [0.3, 0.4) is 0 Å². The average molecular weight is 255 g/mol. The Bertz CT molecular complexity index is 266. The first-order valence-electron chi connectivity index (χ1n) is 7.29. The number of likely N-dealkylation sites (N-methyl/N-ethyl adjacent to an activating group) is 1. The maximum Gasteiger partial charge on any atom is 0.237 e. The Labute approximate surface area is 111 Å². The van der Waals surface area contributed by atoms with Crippen LogP contribution in [0.2, 0.25) is 0 Å². The van der Waals surface area contributed by atoms with Crippen molar-refractivity contribution in [1.82, 2.24) is 10.2 Å². The molecule has 0 heterocycles. The predicted octanol–water partition coefficient (Wildman–Crippen LogP) is 1.35. The number of nitrogens with zero attached hydrogens (tertiary/aromatic N) is 1. The molecule has 1 rings (SSSR count). The molecule has 4 heteroatoms.